The maximum absolute atomic E-state index is 12.1. The summed E-state index contributed by atoms with van der Waals surface area (Å²) in [4.78, 5) is 16.2. The summed E-state index contributed by atoms with van der Waals surface area (Å²) in [5.41, 5.74) is 1.53. The summed E-state index contributed by atoms with van der Waals surface area (Å²) in [7, 11) is 1.58. The van der Waals surface area contributed by atoms with E-state index in [-0.39, 0.29) is 5.56 Å². The highest BCUT2D eigenvalue weighted by atomic mass is 79.9. The quantitative estimate of drug-likeness (QED) is 0.864. The number of nitrogens with zero attached hydrogens (tertiary/aromatic N) is 3. The molecular formula is C14H17BrN4O2. The Balaban J connectivity index is 2.09. The molecule has 2 heterocycles. The number of anilines is 1. The van der Waals surface area contributed by atoms with Crippen LogP contribution in [-0.4, -0.2) is 21.9 Å². The molecule has 112 valence electrons. The summed E-state index contributed by atoms with van der Waals surface area (Å²) >= 11 is 3.33. The van der Waals surface area contributed by atoms with Gasteiger partial charge in [-0.1, -0.05) is 13.0 Å². The molecule has 0 aliphatic rings. The first kappa shape index (κ1) is 15.5. The van der Waals surface area contributed by atoms with E-state index in [9.17, 15) is 4.79 Å². The van der Waals surface area contributed by atoms with Crippen molar-refractivity contribution in [3.8, 4) is 5.88 Å². The Morgan fingerprint density at radius 2 is 2.19 bits per heavy atom. The number of methoxy groups -OCH3 is 1. The van der Waals surface area contributed by atoms with Crippen LogP contribution in [0, 0.1) is 0 Å². The fourth-order valence-electron chi connectivity index (χ4n) is 1.79. The van der Waals surface area contributed by atoms with Crippen LogP contribution in [0.25, 0.3) is 0 Å². The molecule has 0 bridgehead atoms. The lowest BCUT2D eigenvalue weighted by Crippen LogP contribution is -2.24. The Morgan fingerprint density at radius 3 is 2.81 bits per heavy atom. The van der Waals surface area contributed by atoms with Gasteiger partial charge in [-0.2, -0.15) is 5.10 Å². The number of halogens is 1. The highest BCUT2D eigenvalue weighted by molar-refractivity contribution is 9.10. The van der Waals surface area contributed by atoms with E-state index >= 15 is 0 Å². The zero-order valence-electron chi connectivity index (χ0n) is 12.0. The topological polar surface area (TPSA) is 69.0 Å². The number of nitrogens with one attached hydrogen (secondary N) is 1. The molecule has 0 spiro atoms. The Morgan fingerprint density at radius 1 is 1.38 bits per heavy atom. The fraction of sp³-hybridized carbons (Fsp3) is 0.357. The predicted molar refractivity (Wildman–Crippen MR) is 84.6 cm³/mol. The summed E-state index contributed by atoms with van der Waals surface area (Å²) in [5, 5.41) is 7.32. The number of aryl methyl sites for hydroxylation is 1. The van der Waals surface area contributed by atoms with Gasteiger partial charge in [0.15, 0.2) is 0 Å². The van der Waals surface area contributed by atoms with Crippen LogP contribution in [0.15, 0.2) is 33.8 Å². The van der Waals surface area contributed by atoms with E-state index in [0.29, 0.717) is 29.1 Å². The normalized spacial score (nSPS) is 10.4. The molecule has 0 atom stereocenters. The molecule has 0 aliphatic heterocycles. The molecule has 2 aromatic heterocycles. The van der Waals surface area contributed by atoms with Crippen LogP contribution < -0.4 is 15.6 Å². The molecule has 2 aromatic rings. The number of ether oxygens (including phenoxy) is 1. The lowest BCUT2D eigenvalue weighted by atomic mass is 10.3. The van der Waals surface area contributed by atoms with E-state index in [1.54, 1.807) is 25.6 Å². The molecule has 0 radical (unpaired) electrons. The summed E-state index contributed by atoms with van der Waals surface area (Å²) in [6, 6.07) is 3.71. The van der Waals surface area contributed by atoms with Gasteiger partial charge in [0.2, 0.25) is 5.88 Å². The van der Waals surface area contributed by atoms with Crippen molar-refractivity contribution in [2.75, 3.05) is 12.4 Å². The van der Waals surface area contributed by atoms with Gasteiger partial charge in [-0.05, 0) is 27.9 Å². The molecule has 0 amide bonds. The van der Waals surface area contributed by atoms with Crippen LogP contribution in [-0.2, 0) is 13.1 Å². The Labute approximate surface area is 131 Å². The third-order valence-corrected chi connectivity index (χ3v) is 3.68. The Kier molecular flexibility index (Phi) is 5.32. The van der Waals surface area contributed by atoms with Crippen molar-refractivity contribution < 1.29 is 4.74 Å². The average Bonchev–Trinajstić information content (AvgIpc) is 2.52. The van der Waals surface area contributed by atoms with Gasteiger partial charge >= 0.3 is 0 Å². The van der Waals surface area contributed by atoms with Gasteiger partial charge in [0.25, 0.3) is 5.56 Å². The van der Waals surface area contributed by atoms with E-state index in [0.717, 1.165) is 12.0 Å². The van der Waals surface area contributed by atoms with Crippen molar-refractivity contribution in [1.29, 1.82) is 0 Å². The molecule has 6 nitrogen and oxygen atoms in total. The van der Waals surface area contributed by atoms with Crippen LogP contribution in [0.3, 0.4) is 0 Å². The van der Waals surface area contributed by atoms with Crippen LogP contribution in [0.5, 0.6) is 5.88 Å². The summed E-state index contributed by atoms with van der Waals surface area (Å²) in [6.45, 7) is 3.17. The lowest BCUT2D eigenvalue weighted by molar-refractivity contribution is 0.397. The molecule has 0 fully saturated rings. The van der Waals surface area contributed by atoms with Crippen molar-refractivity contribution in [3.05, 3.63) is 44.9 Å². The van der Waals surface area contributed by atoms with E-state index in [1.807, 2.05) is 13.0 Å². The summed E-state index contributed by atoms with van der Waals surface area (Å²) in [5.74, 6) is 0.573. The fourth-order valence-corrected chi connectivity index (χ4v) is 2.24. The van der Waals surface area contributed by atoms with Gasteiger partial charge in [-0.3, -0.25) is 4.79 Å². The molecule has 1 N–H and O–H groups in total. The molecule has 0 aliphatic carbocycles. The standard InChI is InChI=1S/C14H17BrN4O2/c1-3-6-19-14(20)13(15)11(9-18-19)16-7-10-4-5-12(21-2)17-8-10/h4-5,8-9,16H,3,6-7H2,1-2H3. The maximum Gasteiger partial charge on any atom is 0.283 e. The van der Waals surface area contributed by atoms with Gasteiger partial charge in [0.05, 0.1) is 19.0 Å². The molecular weight excluding hydrogens is 336 g/mol. The van der Waals surface area contributed by atoms with Crippen LogP contribution in [0.1, 0.15) is 18.9 Å². The van der Waals surface area contributed by atoms with E-state index in [1.165, 1.54) is 4.68 Å². The number of pyridine rings is 1. The second-order valence-electron chi connectivity index (χ2n) is 4.46. The predicted octanol–water partition coefficient (Wildman–Crippen LogP) is 2.43. The largest absolute Gasteiger partial charge is 0.481 e. The van der Waals surface area contributed by atoms with E-state index in [4.69, 9.17) is 4.74 Å². The molecule has 21 heavy (non-hydrogen) atoms. The minimum absolute atomic E-state index is 0.130. The van der Waals surface area contributed by atoms with Crippen LogP contribution in [0.4, 0.5) is 5.69 Å². The summed E-state index contributed by atoms with van der Waals surface area (Å²) in [6.07, 6.45) is 4.24. The van der Waals surface area contributed by atoms with E-state index in [2.05, 4.69) is 31.3 Å². The molecule has 0 unspecified atom stereocenters. The van der Waals surface area contributed by atoms with Crippen molar-refractivity contribution in [2.24, 2.45) is 0 Å². The molecule has 0 saturated heterocycles. The molecule has 0 saturated carbocycles. The van der Waals surface area contributed by atoms with Crippen LogP contribution >= 0.6 is 15.9 Å². The zero-order valence-corrected chi connectivity index (χ0v) is 13.6. The number of aromatic nitrogens is 3. The van der Waals surface area contributed by atoms with Crippen molar-refractivity contribution in [1.82, 2.24) is 14.8 Å². The van der Waals surface area contributed by atoms with Gasteiger partial charge in [-0.25, -0.2) is 9.67 Å². The molecule has 2 rings (SSSR count). The van der Waals surface area contributed by atoms with E-state index < -0.39 is 0 Å². The van der Waals surface area contributed by atoms with Gasteiger partial charge < -0.3 is 10.1 Å². The van der Waals surface area contributed by atoms with Gasteiger partial charge in [-0.15, -0.1) is 0 Å². The first-order valence-corrected chi connectivity index (χ1v) is 7.43. The number of hydrogen-bond acceptors (Lipinski definition) is 5. The second-order valence-corrected chi connectivity index (χ2v) is 5.26. The minimum atomic E-state index is -0.130. The third kappa shape index (κ3) is 3.81. The van der Waals surface area contributed by atoms with Crippen molar-refractivity contribution >= 4 is 21.6 Å². The smallest absolute Gasteiger partial charge is 0.283 e. The Bertz CT molecular complexity index is 655. The average molecular weight is 353 g/mol. The van der Waals surface area contributed by atoms with Gasteiger partial charge in [0, 0.05) is 25.4 Å². The van der Waals surface area contributed by atoms with Gasteiger partial charge in [0.1, 0.15) is 4.47 Å². The Hall–Kier alpha value is -1.89. The highest BCUT2D eigenvalue weighted by Gasteiger charge is 2.08. The monoisotopic (exact) mass is 352 g/mol. The number of rotatable bonds is 6. The lowest BCUT2D eigenvalue weighted by Gasteiger charge is -2.10. The highest BCUT2D eigenvalue weighted by Crippen LogP contribution is 2.17. The zero-order chi connectivity index (χ0) is 15.2. The third-order valence-electron chi connectivity index (χ3n) is 2.91. The first-order valence-electron chi connectivity index (χ1n) is 6.64. The molecule has 0 aromatic carbocycles. The minimum Gasteiger partial charge on any atom is -0.481 e. The maximum atomic E-state index is 12.1. The number of hydrogen-bond donors (Lipinski definition) is 1. The van der Waals surface area contributed by atoms with Crippen LogP contribution in [0.2, 0.25) is 0 Å². The van der Waals surface area contributed by atoms with Crippen molar-refractivity contribution in [2.45, 2.75) is 26.4 Å². The van der Waals surface area contributed by atoms with Crippen molar-refractivity contribution in [3.63, 3.8) is 0 Å². The second kappa shape index (κ2) is 7.21. The SMILES string of the molecule is CCCn1ncc(NCc2ccc(OC)nc2)c(Br)c1=O. The molecule has 7 heteroatoms. The summed E-state index contributed by atoms with van der Waals surface area (Å²) < 4.78 is 6.95. The first-order chi connectivity index (χ1) is 10.2.